The third-order valence-corrected chi connectivity index (χ3v) is 5.54. The Morgan fingerprint density at radius 1 is 1.17 bits per heavy atom. The third-order valence-electron chi connectivity index (χ3n) is 4.08. The molecule has 0 radical (unpaired) electrons. The molecule has 1 aromatic heterocycles. The minimum atomic E-state index is -0.584. The molecule has 7 nitrogen and oxygen atoms in total. The zero-order chi connectivity index (χ0) is 21.5. The van der Waals surface area contributed by atoms with Gasteiger partial charge in [0, 0.05) is 16.7 Å². The van der Waals surface area contributed by atoms with E-state index in [1.165, 1.54) is 30.0 Å². The summed E-state index contributed by atoms with van der Waals surface area (Å²) in [5, 5.41) is 14.2. The molecule has 1 heterocycles. The van der Waals surface area contributed by atoms with Crippen LogP contribution < -0.4 is 10.6 Å². The molecule has 0 aliphatic heterocycles. The number of carbonyl (C=O) groups is 2. The molecule has 0 aliphatic rings. The molecule has 10 heteroatoms. The average molecular weight is 492 g/mol. The Balaban J connectivity index is 1.58. The van der Waals surface area contributed by atoms with E-state index in [9.17, 15) is 14.0 Å². The number of hydrogen-bond donors (Lipinski definition) is 2. The van der Waals surface area contributed by atoms with Crippen molar-refractivity contribution in [2.75, 3.05) is 11.1 Å². The molecule has 0 saturated carbocycles. The van der Waals surface area contributed by atoms with Gasteiger partial charge >= 0.3 is 0 Å². The third kappa shape index (κ3) is 5.67. The second kappa shape index (κ2) is 10.4. The van der Waals surface area contributed by atoms with Gasteiger partial charge in [0.15, 0.2) is 11.0 Å². The molecule has 2 aromatic carbocycles. The van der Waals surface area contributed by atoms with Crippen LogP contribution in [0.1, 0.15) is 23.1 Å². The van der Waals surface area contributed by atoms with Crippen molar-refractivity contribution < 1.29 is 14.0 Å². The first-order valence-electron chi connectivity index (χ1n) is 9.11. The standard InChI is InChI=1S/C20H19BrFN5O2S/c1-2-27-17(11-23-19(29)15-8-3-4-9-16(15)22)25-26-20(27)30-12-18(28)24-14-7-5-6-13(21)10-14/h3-10H,2,11-12H2,1H3,(H,23,29)(H,24,28). The van der Waals surface area contributed by atoms with Gasteiger partial charge in [-0.15, -0.1) is 10.2 Å². The maximum absolute atomic E-state index is 13.7. The van der Waals surface area contributed by atoms with Crippen LogP contribution in [0, 0.1) is 5.82 Å². The molecule has 0 saturated heterocycles. The van der Waals surface area contributed by atoms with Crippen molar-refractivity contribution in [3.8, 4) is 0 Å². The Morgan fingerprint density at radius 2 is 1.97 bits per heavy atom. The summed E-state index contributed by atoms with van der Waals surface area (Å²) in [7, 11) is 0. The van der Waals surface area contributed by atoms with Gasteiger partial charge < -0.3 is 15.2 Å². The van der Waals surface area contributed by atoms with E-state index in [4.69, 9.17) is 0 Å². The van der Waals surface area contributed by atoms with Crippen LogP contribution in [-0.4, -0.2) is 32.3 Å². The van der Waals surface area contributed by atoms with E-state index in [-0.39, 0.29) is 23.8 Å². The van der Waals surface area contributed by atoms with Gasteiger partial charge in [-0.3, -0.25) is 9.59 Å². The quantitative estimate of drug-likeness (QED) is 0.467. The largest absolute Gasteiger partial charge is 0.345 e. The van der Waals surface area contributed by atoms with Crippen LogP contribution in [-0.2, 0) is 17.9 Å². The molecule has 0 unspecified atom stereocenters. The van der Waals surface area contributed by atoms with Gasteiger partial charge in [0.05, 0.1) is 17.9 Å². The Bertz CT molecular complexity index is 1060. The van der Waals surface area contributed by atoms with E-state index in [1.807, 2.05) is 25.1 Å². The van der Waals surface area contributed by atoms with Crippen LogP contribution in [0.15, 0.2) is 58.2 Å². The molecule has 156 valence electrons. The first-order chi connectivity index (χ1) is 14.5. The van der Waals surface area contributed by atoms with Crippen molar-refractivity contribution >= 4 is 45.2 Å². The van der Waals surface area contributed by atoms with E-state index < -0.39 is 11.7 Å². The lowest BCUT2D eigenvalue weighted by atomic mass is 10.2. The predicted octanol–water partition coefficient (Wildman–Crippen LogP) is 3.86. The summed E-state index contributed by atoms with van der Waals surface area (Å²) in [5.74, 6) is -0.594. The highest BCUT2D eigenvalue weighted by atomic mass is 79.9. The summed E-state index contributed by atoms with van der Waals surface area (Å²) >= 11 is 4.61. The highest BCUT2D eigenvalue weighted by Crippen LogP contribution is 2.19. The summed E-state index contributed by atoms with van der Waals surface area (Å²) in [6, 6.07) is 13.1. The van der Waals surface area contributed by atoms with Crippen LogP contribution in [0.2, 0.25) is 0 Å². The molecule has 3 rings (SSSR count). The van der Waals surface area contributed by atoms with E-state index in [2.05, 4.69) is 36.8 Å². The number of aromatic nitrogens is 3. The fourth-order valence-corrected chi connectivity index (χ4v) is 3.89. The van der Waals surface area contributed by atoms with Gasteiger partial charge in [0.2, 0.25) is 5.91 Å². The molecule has 30 heavy (non-hydrogen) atoms. The zero-order valence-corrected chi connectivity index (χ0v) is 18.5. The van der Waals surface area contributed by atoms with E-state index >= 15 is 0 Å². The molecule has 0 fully saturated rings. The monoisotopic (exact) mass is 491 g/mol. The number of amides is 2. The van der Waals surface area contributed by atoms with Crippen molar-refractivity contribution in [3.05, 3.63) is 70.2 Å². The van der Waals surface area contributed by atoms with Crippen molar-refractivity contribution in [2.24, 2.45) is 0 Å². The van der Waals surface area contributed by atoms with Gasteiger partial charge in [-0.05, 0) is 37.3 Å². The second-order valence-electron chi connectivity index (χ2n) is 6.15. The van der Waals surface area contributed by atoms with Crippen molar-refractivity contribution in [1.82, 2.24) is 20.1 Å². The van der Waals surface area contributed by atoms with Gasteiger partial charge in [0.1, 0.15) is 5.82 Å². The summed E-state index contributed by atoms with van der Waals surface area (Å²) in [4.78, 5) is 24.4. The SMILES string of the molecule is CCn1c(CNC(=O)c2ccccc2F)nnc1SCC(=O)Nc1cccc(Br)c1. The highest BCUT2D eigenvalue weighted by Gasteiger charge is 2.16. The number of benzene rings is 2. The average Bonchev–Trinajstić information content (AvgIpc) is 3.12. The minimum Gasteiger partial charge on any atom is -0.345 e. The molecule has 0 bridgehead atoms. The van der Waals surface area contributed by atoms with Crippen LogP contribution >= 0.6 is 27.7 Å². The van der Waals surface area contributed by atoms with Gasteiger partial charge in [0.25, 0.3) is 5.91 Å². The van der Waals surface area contributed by atoms with Crippen LogP contribution in [0.3, 0.4) is 0 Å². The Labute approximate surface area is 185 Å². The maximum atomic E-state index is 13.7. The number of halogens is 2. The molecule has 0 aliphatic carbocycles. The summed E-state index contributed by atoms with van der Waals surface area (Å²) in [6.45, 7) is 2.57. The van der Waals surface area contributed by atoms with E-state index in [1.54, 1.807) is 16.7 Å². The van der Waals surface area contributed by atoms with Gasteiger partial charge in [-0.1, -0.05) is 45.9 Å². The minimum absolute atomic E-state index is 0.0288. The second-order valence-corrected chi connectivity index (χ2v) is 8.01. The lowest BCUT2D eigenvalue weighted by molar-refractivity contribution is -0.113. The van der Waals surface area contributed by atoms with Crippen LogP contribution in [0.5, 0.6) is 0 Å². The lowest BCUT2D eigenvalue weighted by Crippen LogP contribution is -2.25. The van der Waals surface area contributed by atoms with Crippen molar-refractivity contribution in [1.29, 1.82) is 0 Å². The summed E-state index contributed by atoms with van der Waals surface area (Å²) in [5.41, 5.74) is 0.669. The van der Waals surface area contributed by atoms with Crippen molar-refractivity contribution in [3.63, 3.8) is 0 Å². The topological polar surface area (TPSA) is 88.9 Å². The molecule has 2 N–H and O–H groups in total. The number of nitrogens with zero attached hydrogens (tertiary/aromatic N) is 3. The fraction of sp³-hybridized carbons (Fsp3) is 0.200. The molecular formula is C20H19BrFN5O2S. The molecule has 2 amide bonds. The fourth-order valence-electron chi connectivity index (χ4n) is 2.67. The lowest BCUT2D eigenvalue weighted by Gasteiger charge is -2.09. The van der Waals surface area contributed by atoms with Crippen molar-refractivity contribution in [2.45, 2.75) is 25.2 Å². The maximum Gasteiger partial charge on any atom is 0.254 e. The summed E-state index contributed by atoms with van der Waals surface area (Å²) in [6.07, 6.45) is 0. The number of rotatable bonds is 8. The normalized spacial score (nSPS) is 10.6. The van der Waals surface area contributed by atoms with E-state index in [0.29, 0.717) is 23.2 Å². The molecule has 3 aromatic rings. The Hall–Kier alpha value is -2.72. The smallest absolute Gasteiger partial charge is 0.254 e. The molecule has 0 atom stereocenters. The van der Waals surface area contributed by atoms with Crippen LogP contribution in [0.25, 0.3) is 0 Å². The first-order valence-corrected chi connectivity index (χ1v) is 10.9. The predicted molar refractivity (Wildman–Crippen MR) is 117 cm³/mol. The number of anilines is 1. The first kappa shape index (κ1) is 22.0. The Morgan fingerprint density at radius 3 is 2.70 bits per heavy atom. The van der Waals surface area contributed by atoms with Gasteiger partial charge in [-0.2, -0.15) is 0 Å². The number of nitrogens with one attached hydrogen (secondary N) is 2. The molecule has 0 spiro atoms. The number of carbonyl (C=O) groups excluding carboxylic acids is 2. The zero-order valence-electron chi connectivity index (χ0n) is 16.1. The highest BCUT2D eigenvalue weighted by molar-refractivity contribution is 9.10. The molecular weight excluding hydrogens is 473 g/mol. The Kier molecular flexibility index (Phi) is 7.58. The van der Waals surface area contributed by atoms with E-state index in [0.717, 1.165) is 4.47 Å². The summed E-state index contributed by atoms with van der Waals surface area (Å²) < 4.78 is 16.4. The number of hydrogen-bond acceptors (Lipinski definition) is 5. The van der Waals surface area contributed by atoms with Crippen LogP contribution in [0.4, 0.5) is 10.1 Å². The number of thioether (sulfide) groups is 1. The van der Waals surface area contributed by atoms with Gasteiger partial charge in [-0.25, -0.2) is 4.39 Å².